The molecule has 0 saturated carbocycles. The first-order valence-electron chi connectivity index (χ1n) is 9.25. The van der Waals surface area contributed by atoms with Gasteiger partial charge in [0.15, 0.2) is 0 Å². The number of fused-ring (bicyclic) bond motifs is 1. The third-order valence-electron chi connectivity index (χ3n) is 4.45. The van der Waals surface area contributed by atoms with E-state index in [1.54, 1.807) is 23.8 Å². The van der Waals surface area contributed by atoms with E-state index < -0.39 is 0 Å². The Morgan fingerprint density at radius 3 is 2.36 bits per heavy atom. The number of carbonyl (C=O) groups excluding carboxylic acids is 1. The van der Waals surface area contributed by atoms with Gasteiger partial charge in [0.25, 0.3) is 0 Å². The molecule has 0 heterocycles. The fourth-order valence-corrected chi connectivity index (χ4v) is 3.75. The van der Waals surface area contributed by atoms with Crippen LogP contribution in [-0.4, -0.2) is 37.3 Å². The lowest BCUT2D eigenvalue weighted by Gasteiger charge is -2.17. The van der Waals surface area contributed by atoms with Crippen LogP contribution in [0.25, 0.3) is 10.8 Å². The molecule has 0 spiro atoms. The van der Waals surface area contributed by atoms with Gasteiger partial charge in [-0.2, -0.15) is 0 Å². The van der Waals surface area contributed by atoms with Crippen molar-refractivity contribution in [1.29, 1.82) is 0 Å². The number of methoxy groups -OCH3 is 1. The zero-order valence-corrected chi connectivity index (χ0v) is 17.3. The van der Waals surface area contributed by atoms with Crippen molar-refractivity contribution in [2.75, 3.05) is 26.5 Å². The van der Waals surface area contributed by atoms with E-state index in [2.05, 4.69) is 18.2 Å². The maximum Gasteiger partial charge on any atom is 0.232 e. The molecule has 0 fully saturated rings. The van der Waals surface area contributed by atoms with E-state index in [1.807, 2.05) is 56.4 Å². The fraction of sp³-hybridized carbons (Fsp3) is 0.261. The molecule has 0 bridgehead atoms. The second-order valence-electron chi connectivity index (χ2n) is 6.49. The summed E-state index contributed by atoms with van der Waals surface area (Å²) in [7, 11) is 3.51. The minimum Gasteiger partial charge on any atom is -0.497 e. The van der Waals surface area contributed by atoms with Crippen molar-refractivity contribution < 1.29 is 14.3 Å². The van der Waals surface area contributed by atoms with Gasteiger partial charge in [0.1, 0.15) is 11.5 Å². The Morgan fingerprint density at radius 1 is 0.964 bits per heavy atom. The van der Waals surface area contributed by atoms with E-state index >= 15 is 0 Å². The molecule has 1 amide bonds. The standard InChI is InChI=1S/C23H25NO3S/c1-4-27-20-9-11-22(12-10-20)28-16-23(25)24(2)15-17-5-6-19-14-21(26-3)8-7-18(19)13-17/h5-14H,4,15-16H2,1-3H3. The smallest absolute Gasteiger partial charge is 0.232 e. The molecule has 0 saturated heterocycles. The Kier molecular flexibility index (Phi) is 6.82. The van der Waals surface area contributed by atoms with E-state index in [0.29, 0.717) is 18.9 Å². The van der Waals surface area contributed by atoms with Crippen LogP contribution in [0.5, 0.6) is 11.5 Å². The third kappa shape index (κ3) is 5.20. The van der Waals surface area contributed by atoms with E-state index in [1.165, 1.54) is 0 Å². The number of benzene rings is 3. The molecule has 0 aromatic heterocycles. The minimum atomic E-state index is 0.105. The van der Waals surface area contributed by atoms with Crippen LogP contribution in [0.1, 0.15) is 12.5 Å². The Balaban J connectivity index is 1.56. The number of thioether (sulfide) groups is 1. The Hall–Kier alpha value is -2.66. The highest BCUT2D eigenvalue weighted by atomic mass is 32.2. The molecule has 5 heteroatoms. The molecule has 3 aromatic rings. The summed E-state index contributed by atoms with van der Waals surface area (Å²) in [4.78, 5) is 15.3. The molecule has 3 rings (SSSR count). The lowest BCUT2D eigenvalue weighted by molar-refractivity contribution is -0.127. The summed E-state index contributed by atoms with van der Waals surface area (Å²) in [6.07, 6.45) is 0. The lowest BCUT2D eigenvalue weighted by Crippen LogP contribution is -2.27. The van der Waals surface area contributed by atoms with Gasteiger partial charge < -0.3 is 14.4 Å². The van der Waals surface area contributed by atoms with Crippen LogP contribution in [-0.2, 0) is 11.3 Å². The first kappa shape index (κ1) is 20.1. The van der Waals surface area contributed by atoms with Gasteiger partial charge in [-0.15, -0.1) is 11.8 Å². The van der Waals surface area contributed by atoms with Gasteiger partial charge in [0.2, 0.25) is 5.91 Å². The lowest BCUT2D eigenvalue weighted by atomic mass is 10.1. The summed E-state index contributed by atoms with van der Waals surface area (Å²) in [5.41, 5.74) is 1.11. The molecule has 0 unspecified atom stereocenters. The van der Waals surface area contributed by atoms with Crippen molar-refractivity contribution in [3.05, 3.63) is 66.2 Å². The van der Waals surface area contributed by atoms with Crippen LogP contribution in [0.15, 0.2) is 65.6 Å². The average molecular weight is 396 g/mol. The number of rotatable bonds is 8. The Morgan fingerprint density at radius 2 is 1.64 bits per heavy atom. The van der Waals surface area contributed by atoms with Gasteiger partial charge in [-0.05, 0) is 65.7 Å². The highest BCUT2D eigenvalue weighted by Gasteiger charge is 2.11. The van der Waals surface area contributed by atoms with Gasteiger partial charge >= 0.3 is 0 Å². The Bertz CT molecular complexity index is 940. The quantitative estimate of drug-likeness (QED) is 0.503. The van der Waals surface area contributed by atoms with Gasteiger partial charge in [0, 0.05) is 18.5 Å². The van der Waals surface area contributed by atoms with Crippen molar-refractivity contribution in [3.8, 4) is 11.5 Å². The van der Waals surface area contributed by atoms with Crippen LogP contribution in [0.4, 0.5) is 0 Å². The molecule has 0 aliphatic carbocycles. The number of ether oxygens (including phenoxy) is 2. The number of hydrogen-bond donors (Lipinski definition) is 0. The largest absolute Gasteiger partial charge is 0.497 e. The second kappa shape index (κ2) is 9.51. The van der Waals surface area contributed by atoms with Crippen molar-refractivity contribution in [2.45, 2.75) is 18.4 Å². The SMILES string of the molecule is CCOc1ccc(SCC(=O)N(C)Cc2ccc3cc(OC)ccc3c2)cc1. The highest BCUT2D eigenvalue weighted by Crippen LogP contribution is 2.24. The van der Waals surface area contributed by atoms with Crippen molar-refractivity contribution >= 4 is 28.4 Å². The number of hydrogen-bond acceptors (Lipinski definition) is 4. The predicted molar refractivity (Wildman–Crippen MR) is 115 cm³/mol. The zero-order valence-electron chi connectivity index (χ0n) is 16.5. The minimum absolute atomic E-state index is 0.105. The van der Waals surface area contributed by atoms with Crippen LogP contribution >= 0.6 is 11.8 Å². The van der Waals surface area contributed by atoms with Crippen LogP contribution < -0.4 is 9.47 Å². The first-order valence-corrected chi connectivity index (χ1v) is 10.2. The van der Waals surface area contributed by atoms with Gasteiger partial charge in [-0.1, -0.05) is 18.2 Å². The number of carbonyl (C=O) groups is 1. The van der Waals surface area contributed by atoms with Crippen LogP contribution in [0.2, 0.25) is 0 Å². The molecule has 4 nitrogen and oxygen atoms in total. The molecule has 0 atom stereocenters. The van der Waals surface area contributed by atoms with Crippen molar-refractivity contribution in [1.82, 2.24) is 4.90 Å². The summed E-state index contributed by atoms with van der Waals surface area (Å²) in [6.45, 7) is 3.20. The average Bonchev–Trinajstić information content (AvgIpc) is 2.72. The van der Waals surface area contributed by atoms with Gasteiger partial charge in [-0.3, -0.25) is 4.79 Å². The van der Waals surface area contributed by atoms with E-state index in [0.717, 1.165) is 32.7 Å². The normalized spacial score (nSPS) is 10.7. The summed E-state index contributed by atoms with van der Waals surface area (Å²) in [6, 6.07) is 20.1. The topological polar surface area (TPSA) is 38.8 Å². The molecular formula is C23H25NO3S. The maximum atomic E-state index is 12.5. The van der Waals surface area contributed by atoms with Crippen LogP contribution in [0.3, 0.4) is 0 Å². The molecule has 0 N–H and O–H groups in total. The molecule has 3 aromatic carbocycles. The molecule has 0 radical (unpaired) electrons. The van der Waals surface area contributed by atoms with E-state index in [-0.39, 0.29) is 5.91 Å². The summed E-state index contributed by atoms with van der Waals surface area (Å²) >= 11 is 1.54. The second-order valence-corrected chi connectivity index (χ2v) is 7.54. The molecular weight excluding hydrogens is 370 g/mol. The molecule has 0 aliphatic rings. The van der Waals surface area contributed by atoms with Gasteiger partial charge in [0.05, 0.1) is 19.5 Å². The van der Waals surface area contributed by atoms with Crippen molar-refractivity contribution in [2.24, 2.45) is 0 Å². The first-order chi connectivity index (χ1) is 13.6. The highest BCUT2D eigenvalue weighted by molar-refractivity contribution is 8.00. The summed E-state index contributed by atoms with van der Waals surface area (Å²) in [5, 5.41) is 2.27. The summed E-state index contributed by atoms with van der Waals surface area (Å²) < 4.78 is 10.7. The predicted octanol–water partition coefficient (Wildman–Crippen LogP) is 5.00. The van der Waals surface area contributed by atoms with E-state index in [9.17, 15) is 4.79 Å². The van der Waals surface area contributed by atoms with Gasteiger partial charge in [-0.25, -0.2) is 0 Å². The molecule has 0 aliphatic heterocycles. The number of nitrogens with zero attached hydrogens (tertiary/aromatic N) is 1. The zero-order chi connectivity index (χ0) is 19.9. The third-order valence-corrected chi connectivity index (χ3v) is 5.45. The number of amides is 1. The van der Waals surface area contributed by atoms with E-state index in [4.69, 9.17) is 9.47 Å². The Labute approximate surface area is 170 Å². The monoisotopic (exact) mass is 395 g/mol. The van der Waals surface area contributed by atoms with Crippen LogP contribution in [0, 0.1) is 0 Å². The van der Waals surface area contributed by atoms with Crippen molar-refractivity contribution in [3.63, 3.8) is 0 Å². The fourth-order valence-electron chi connectivity index (χ4n) is 2.91. The summed E-state index contributed by atoms with van der Waals surface area (Å²) in [5.74, 6) is 2.21. The maximum absolute atomic E-state index is 12.5. The molecule has 146 valence electrons. The molecule has 28 heavy (non-hydrogen) atoms.